The normalized spacial score (nSPS) is 12.3. The van der Waals surface area contributed by atoms with Crippen molar-refractivity contribution in [3.8, 4) is 0 Å². The standard InChI is InChI=1S/C24H32FN3O4S/c1-17(2)14-26-24(30)19(4)27(15-20-10-8-9-18(3)13-20)23(29)16-28(33(5,31)32)22-12-7-6-11-21(22)25/h6-13,17,19H,14-16H2,1-5H3,(H,26,30). The van der Waals surface area contributed by atoms with Gasteiger partial charge in [0.15, 0.2) is 0 Å². The van der Waals surface area contributed by atoms with Gasteiger partial charge in [-0.2, -0.15) is 0 Å². The van der Waals surface area contributed by atoms with E-state index in [-0.39, 0.29) is 24.1 Å². The van der Waals surface area contributed by atoms with E-state index >= 15 is 0 Å². The van der Waals surface area contributed by atoms with Crippen LogP contribution in [0.4, 0.5) is 10.1 Å². The zero-order valence-corrected chi connectivity index (χ0v) is 20.5. The first-order chi connectivity index (χ1) is 15.4. The molecule has 180 valence electrons. The molecule has 0 aromatic heterocycles. The number of nitrogens with one attached hydrogen (secondary N) is 1. The van der Waals surface area contributed by atoms with Crippen LogP contribution in [0, 0.1) is 18.7 Å². The van der Waals surface area contributed by atoms with Gasteiger partial charge in [-0.25, -0.2) is 12.8 Å². The Balaban J connectivity index is 2.38. The van der Waals surface area contributed by atoms with E-state index in [0.717, 1.165) is 27.8 Å². The molecule has 1 unspecified atom stereocenters. The van der Waals surface area contributed by atoms with Crippen LogP contribution in [0.1, 0.15) is 31.9 Å². The molecule has 0 saturated heterocycles. The number of carbonyl (C=O) groups excluding carboxylic acids is 2. The number of benzene rings is 2. The van der Waals surface area contributed by atoms with Crippen LogP contribution in [-0.2, 0) is 26.2 Å². The van der Waals surface area contributed by atoms with Gasteiger partial charge in [0.25, 0.3) is 0 Å². The largest absolute Gasteiger partial charge is 0.354 e. The summed E-state index contributed by atoms with van der Waals surface area (Å²) in [6, 6.07) is 12.0. The summed E-state index contributed by atoms with van der Waals surface area (Å²) >= 11 is 0. The summed E-state index contributed by atoms with van der Waals surface area (Å²) in [6.07, 6.45) is 0.913. The molecule has 0 heterocycles. The van der Waals surface area contributed by atoms with Crippen molar-refractivity contribution in [2.45, 2.75) is 40.3 Å². The molecule has 33 heavy (non-hydrogen) atoms. The number of carbonyl (C=O) groups is 2. The Morgan fingerprint density at radius 3 is 2.30 bits per heavy atom. The molecule has 2 aromatic carbocycles. The van der Waals surface area contributed by atoms with Gasteiger partial charge in [-0.05, 0) is 37.5 Å². The van der Waals surface area contributed by atoms with E-state index in [4.69, 9.17) is 0 Å². The van der Waals surface area contributed by atoms with Gasteiger partial charge >= 0.3 is 0 Å². The molecule has 7 nitrogen and oxygen atoms in total. The molecule has 9 heteroatoms. The van der Waals surface area contributed by atoms with Gasteiger partial charge in [-0.15, -0.1) is 0 Å². The second-order valence-corrected chi connectivity index (χ2v) is 10.5. The van der Waals surface area contributed by atoms with Crippen molar-refractivity contribution in [3.63, 3.8) is 0 Å². The zero-order valence-electron chi connectivity index (χ0n) is 19.7. The molecule has 0 saturated carbocycles. The first-order valence-electron chi connectivity index (χ1n) is 10.7. The molecular weight excluding hydrogens is 445 g/mol. The van der Waals surface area contributed by atoms with Crippen LogP contribution in [0.15, 0.2) is 48.5 Å². The third-order valence-electron chi connectivity index (χ3n) is 5.09. The van der Waals surface area contributed by atoms with Crippen molar-refractivity contribution in [1.82, 2.24) is 10.2 Å². The molecule has 0 bridgehead atoms. The average molecular weight is 478 g/mol. The van der Waals surface area contributed by atoms with E-state index in [1.165, 1.54) is 23.1 Å². The lowest BCUT2D eigenvalue weighted by Gasteiger charge is -2.31. The van der Waals surface area contributed by atoms with Gasteiger partial charge in [0.1, 0.15) is 18.4 Å². The molecule has 1 atom stereocenters. The molecule has 0 aliphatic rings. The minimum Gasteiger partial charge on any atom is -0.354 e. The van der Waals surface area contributed by atoms with E-state index in [1.54, 1.807) is 6.92 Å². The Labute approximate surface area is 195 Å². The summed E-state index contributed by atoms with van der Waals surface area (Å²) in [6.45, 7) is 7.34. The van der Waals surface area contributed by atoms with Crippen LogP contribution >= 0.6 is 0 Å². The fraction of sp³-hybridized carbons (Fsp3) is 0.417. The Kier molecular flexibility index (Phi) is 8.99. The highest BCUT2D eigenvalue weighted by atomic mass is 32.2. The van der Waals surface area contributed by atoms with Crippen molar-refractivity contribution < 1.29 is 22.4 Å². The number of rotatable bonds is 10. The lowest BCUT2D eigenvalue weighted by Crippen LogP contribution is -2.51. The number of amides is 2. The lowest BCUT2D eigenvalue weighted by atomic mass is 10.1. The van der Waals surface area contributed by atoms with Crippen molar-refractivity contribution in [3.05, 3.63) is 65.5 Å². The summed E-state index contributed by atoms with van der Waals surface area (Å²) in [5.41, 5.74) is 1.56. The molecule has 2 aromatic rings. The SMILES string of the molecule is Cc1cccc(CN(C(=O)CN(c2ccccc2F)S(C)(=O)=O)C(C)C(=O)NCC(C)C)c1. The minimum atomic E-state index is -3.97. The van der Waals surface area contributed by atoms with Crippen LogP contribution in [-0.4, -0.2) is 50.5 Å². The van der Waals surface area contributed by atoms with Gasteiger partial charge in [0.2, 0.25) is 21.8 Å². The van der Waals surface area contributed by atoms with Gasteiger partial charge in [0, 0.05) is 13.1 Å². The topological polar surface area (TPSA) is 86.8 Å². The summed E-state index contributed by atoms with van der Waals surface area (Å²) < 4.78 is 40.0. The maximum atomic E-state index is 14.4. The van der Waals surface area contributed by atoms with E-state index < -0.39 is 34.3 Å². The van der Waals surface area contributed by atoms with Gasteiger partial charge < -0.3 is 10.2 Å². The van der Waals surface area contributed by atoms with Gasteiger partial charge in [0.05, 0.1) is 11.9 Å². The molecule has 2 rings (SSSR count). The highest BCUT2D eigenvalue weighted by molar-refractivity contribution is 7.92. The van der Waals surface area contributed by atoms with E-state index in [9.17, 15) is 22.4 Å². The van der Waals surface area contributed by atoms with Crippen molar-refractivity contribution >= 4 is 27.5 Å². The monoisotopic (exact) mass is 477 g/mol. The zero-order chi connectivity index (χ0) is 24.8. The first-order valence-corrected chi connectivity index (χ1v) is 12.6. The maximum absolute atomic E-state index is 14.4. The molecule has 1 N–H and O–H groups in total. The van der Waals surface area contributed by atoms with Gasteiger partial charge in [-0.3, -0.25) is 13.9 Å². The number of aryl methyl sites for hydroxylation is 1. The van der Waals surface area contributed by atoms with Crippen LogP contribution in [0.3, 0.4) is 0 Å². The van der Waals surface area contributed by atoms with Crippen LogP contribution in [0.25, 0.3) is 0 Å². The highest BCUT2D eigenvalue weighted by Gasteiger charge is 2.31. The fourth-order valence-electron chi connectivity index (χ4n) is 3.29. The Morgan fingerprint density at radius 2 is 1.73 bits per heavy atom. The smallest absolute Gasteiger partial charge is 0.244 e. The quantitative estimate of drug-likeness (QED) is 0.570. The van der Waals surface area contributed by atoms with Crippen LogP contribution < -0.4 is 9.62 Å². The lowest BCUT2D eigenvalue weighted by molar-refractivity contribution is -0.139. The second-order valence-electron chi connectivity index (χ2n) is 8.55. The number of sulfonamides is 1. The summed E-state index contributed by atoms with van der Waals surface area (Å²) in [5.74, 6) is -1.49. The third kappa shape index (κ3) is 7.56. The number of para-hydroxylation sites is 1. The Bertz CT molecular complexity index is 1090. The molecule has 0 fully saturated rings. The molecule has 2 amide bonds. The summed E-state index contributed by atoms with van der Waals surface area (Å²) in [5, 5.41) is 2.81. The van der Waals surface area contributed by atoms with Crippen molar-refractivity contribution in [2.24, 2.45) is 5.92 Å². The molecule has 0 aliphatic carbocycles. The predicted octanol–water partition coefficient (Wildman–Crippen LogP) is 3.09. The average Bonchev–Trinajstić information content (AvgIpc) is 2.73. The van der Waals surface area contributed by atoms with Crippen molar-refractivity contribution in [1.29, 1.82) is 0 Å². The number of nitrogens with zero attached hydrogens (tertiary/aromatic N) is 2. The van der Waals surface area contributed by atoms with Crippen LogP contribution in [0.2, 0.25) is 0 Å². The number of hydrogen-bond donors (Lipinski definition) is 1. The van der Waals surface area contributed by atoms with E-state index in [2.05, 4.69) is 5.32 Å². The third-order valence-corrected chi connectivity index (χ3v) is 6.21. The van der Waals surface area contributed by atoms with Gasteiger partial charge in [-0.1, -0.05) is 55.8 Å². The Hall–Kier alpha value is -2.94. The van der Waals surface area contributed by atoms with Crippen LogP contribution in [0.5, 0.6) is 0 Å². The summed E-state index contributed by atoms with van der Waals surface area (Å²) in [7, 11) is -3.97. The first kappa shape index (κ1) is 26.3. The fourth-order valence-corrected chi connectivity index (χ4v) is 4.14. The number of hydrogen-bond acceptors (Lipinski definition) is 4. The van der Waals surface area contributed by atoms with E-state index in [1.807, 2.05) is 45.0 Å². The van der Waals surface area contributed by atoms with E-state index in [0.29, 0.717) is 6.54 Å². The molecule has 0 aliphatic heterocycles. The van der Waals surface area contributed by atoms with Crippen molar-refractivity contribution in [2.75, 3.05) is 23.7 Å². The number of anilines is 1. The maximum Gasteiger partial charge on any atom is 0.244 e. The molecular formula is C24H32FN3O4S. The number of halogens is 1. The summed E-state index contributed by atoms with van der Waals surface area (Å²) in [4.78, 5) is 27.5. The molecule has 0 radical (unpaired) electrons. The minimum absolute atomic E-state index is 0.103. The Morgan fingerprint density at radius 1 is 1.06 bits per heavy atom. The molecule has 0 spiro atoms. The highest BCUT2D eigenvalue weighted by Crippen LogP contribution is 2.22. The predicted molar refractivity (Wildman–Crippen MR) is 128 cm³/mol. The second kappa shape index (κ2) is 11.3.